The van der Waals surface area contributed by atoms with Crippen LogP contribution in [0.4, 0.5) is 11.4 Å². The summed E-state index contributed by atoms with van der Waals surface area (Å²) < 4.78 is 5.28. The first-order valence-electron chi connectivity index (χ1n) is 12.1. The van der Waals surface area contributed by atoms with Crippen molar-refractivity contribution in [1.82, 2.24) is 0 Å². The molecule has 0 bridgehead atoms. The van der Waals surface area contributed by atoms with E-state index < -0.39 is 0 Å². The Morgan fingerprint density at radius 2 is 1.56 bits per heavy atom. The van der Waals surface area contributed by atoms with Gasteiger partial charge in [-0.1, -0.05) is 77.8 Å². The van der Waals surface area contributed by atoms with Crippen LogP contribution >= 0.6 is 0 Å². The van der Waals surface area contributed by atoms with Gasteiger partial charge in [0.2, 0.25) is 0 Å². The standard InChI is InChI=1S/C27H38N2O3/c1-4-6-7-8-9-10-11-12-13-22-14-16-23(17-15-22)28-29-25-19-18-24(20-26(25)30)32-27(31)21(3)5-2/h14-21,30H,4-13H2,1-3H3/b29-28+. The summed E-state index contributed by atoms with van der Waals surface area (Å²) in [7, 11) is 0. The summed E-state index contributed by atoms with van der Waals surface area (Å²) in [5, 5.41) is 18.5. The predicted octanol–water partition coefficient (Wildman–Crippen LogP) is 8.44. The molecule has 1 N–H and O–H groups in total. The highest BCUT2D eigenvalue weighted by atomic mass is 16.5. The van der Waals surface area contributed by atoms with Gasteiger partial charge in [-0.15, -0.1) is 5.11 Å². The lowest BCUT2D eigenvalue weighted by molar-refractivity contribution is -0.138. The van der Waals surface area contributed by atoms with Crippen molar-refractivity contribution in [2.45, 2.75) is 85.0 Å². The van der Waals surface area contributed by atoms with Crippen molar-refractivity contribution < 1.29 is 14.6 Å². The van der Waals surface area contributed by atoms with Crippen molar-refractivity contribution in [3.63, 3.8) is 0 Å². The molecule has 0 aliphatic rings. The fraction of sp³-hybridized carbons (Fsp3) is 0.519. The maximum atomic E-state index is 11.9. The number of rotatable bonds is 14. The predicted molar refractivity (Wildman–Crippen MR) is 130 cm³/mol. The Balaban J connectivity index is 1.79. The molecule has 32 heavy (non-hydrogen) atoms. The van der Waals surface area contributed by atoms with Crippen molar-refractivity contribution in [3.05, 3.63) is 48.0 Å². The number of azo groups is 1. The molecule has 174 valence electrons. The lowest BCUT2D eigenvalue weighted by Crippen LogP contribution is -2.16. The summed E-state index contributed by atoms with van der Waals surface area (Å²) in [6.07, 6.45) is 12.4. The summed E-state index contributed by atoms with van der Waals surface area (Å²) in [5.41, 5.74) is 2.37. The number of aryl methyl sites for hydroxylation is 1. The van der Waals surface area contributed by atoms with E-state index in [4.69, 9.17) is 4.74 Å². The molecule has 2 rings (SSSR count). The third-order valence-electron chi connectivity index (χ3n) is 5.71. The van der Waals surface area contributed by atoms with E-state index in [-0.39, 0.29) is 17.6 Å². The average Bonchev–Trinajstić information content (AvgIpc) is 2.80. The van der Waals surface area contributed by atoms with E-state index in [1.165, 1.54) is 63.0 Å². The molecule has 5 nitrogen and oxygen atoms in total. The third kappa shape index (κ3) is 9.21. The summed E-state index contributed by atoms with van der Waals surface area (Å²) in [5.74, 6) is -0.269. The van der Waals surface area contributed by atoms with Gasteiger partial charge in [0.1, 0.15) is 17.2 Å². The highest BCUT2D eigenvalue weighted by Crippen LogP contribution is 2.32. The Morgan fingerprint density at radius 3 is 2.19 bits per heavy atom. The molecule has 0 radical (unpaired) electrons. The zero-order valence-corrected chi connectivity index (χ0v) is 19.8. The van der Waals surface area contributed by atoms with E-state index in [9.17, 15) is 9.90 Å². The number of benzene rings is 2. The maximum Gasteiger partial charge on any atom is 0.314 e. The number of unbranched alkanes of at least 4 members (excludes halogenated alkanes) is 7. The van der Waals surface area contributed by atoms with E-state index in [1.807, 2.05) is 26.0 Å². The number of ether oxygens (including phenoxy) is 1. The lowest BCUT2D eigenvalue weighted by atomic mass is 10.0. The van der Waals surface area contributed by atoms with Gasteiger partial charge in [-0.3, -0.25) is 4.79 Å². The second-order valence-electron chi connectivity index (χ2n) is 8.47. The van der Waals surface area contributed by atoms with Gasteiger partial charge in [0, 0.05) is 6.07 Å². The fourth-order valence-electron chi connectivity index (χ4n) is 3.34. The molecular weight excluding hydrogens is 400 g/mol. The summed E-state index contributed by atoms with van der Waals surface area (Å²) in [6, 6.07) is 12.7. The topological polar surface area (TPSA) is 71.2 Å². The Hall–Kier alpha value is -2.69. The first kappa shape index (κ1) is 25.6. The smallest absolute Gasteiger partial charge is 0.314 e. The van der Waals surface area contributed by atoms with Crippen molar-refractivity contribution in [2.24, 2.45) is 16.1 Å². The molecule has 0 spiro atoms. The molecule has 0 heterocycles. The van der Waals surface area contributed by atoms with Crippen LogP contribution in [0.15, 0.2) is 52.7 Å². The van der Waals surface area contributed by atoms with E-state index >= 15 is 0 Å². The van der Waals surface area contributed by atoms with Crippen molar-refractivity contribution in [1.29, 1.82) is 0 Å². The Morgan fingerprint density at radius 1 is 0.906 bits per heavy atom. The van der Waals surface area contributed by atoms with Crippen LogP contribution in [0.3, 0.4) is 0 Å². The normalized spacial score (nSPS) is 12.2. The van der Waals surface area contributed by atoms with E-state index in [0.717, 1.165) is 12.1 Å². The van der Waals surface area contributed by atoms with Gasteiger partial charge < -0.3 is 9.84 Å². The molecule has 0 aromatic heterocycles. The lowest BCUT2D eigenvalue weighted by Gasteiger charge is -2.09. The molecule has 1 atom stereocenters. The van der Waals surface area contributed by atoms with Gasteiger partial charge >= 0.3 is 5.97 Å². The van der Waals surface area contributed by atoms with Gasteiger partial charge in [-0.2, -0.15) is 5.11 Å². The quantitative estimate of drug-likeness (QED) is 0.139. The van der Waals surface area contributed by atoms with Crippen molar-refractivity contribution in [2.75, 3.05) is 0 Å². The van der Waals surface area contributed by atoms with Crippen LogP contribution < -0.4 is 4.74 Å². The van der Waals surface area contributed by atoms with Crippen molar-refractivity contribution >= 4 is 17.3 Å². The van der Waals surface area contributed by atoms with Crippen LogP contribution in [-0.4, -0.2) is 11.1 Å². The van der Waals surface area contributed by atoms with Gasteiger partial charge in [0.15, 0.2) is 0 Å². The summed E-state index contributed by atoms with van der Waals surface area (Å²) in [4.78, 5) is 11.9. The molecule has 0 aliphatic carbocycles. The molecule has 0 saturated carbocycles. The highest BCUT2D eigenvalue weighted by molar-refractivity contribution is 5.75. The van der Waals surface area contributed by atoms with Gasteiger partial charge in [-0.25, -0.2) is 0 Å². The van der Waals surface area contributed by atoms with Crippen LogP contribution in [-0.2, 0) is 11.2 Å². The zero-order valence-electron chi connectivity index (χ0n) is 19.8. The number of hydrogen-bond donors (Lipinski definition) is 1. The molecule has 0 aliphatic heterocycles. The molecule has 1 unspecified atom stereocenters. The van der Waals surface area contributed by atoms with Gasteiger partial charge in [-0.05, 0) is 49.1 Å². The van der Waals surface area contributed by atoms with Crippen LogP contribution in [0.2, 0.25) is 0 Å². The van der Waals surface area contributed by atoms with Crippen LogP contribution in [0.25, 0.3) is 0 Å². The first-order chi connectivity index (χ1) is 15.5. The maximum absolute atomic E-state index is 11.9. The van der Waals surface area contributed by atoms with Crippen LogP contribution in [0, 0.1) is 5.92 Å². The third-order valence-corrected chi connectivity index (χ3v) is 5.71. The Labute approximate surface area is 192 Å². The average molecular weight is 439 g/mol. The second-order valence-corrected chi connectivity index (χ2v) is 8.47. The van der Waals surface area contributed by atoms with Gasteiger partial charge in [0.25, 0.3) is 0 Å². The largest absolute Gasteiger partial charge is 0.505 e. The second kappa shape index (κ2) is 14.4. The molecule has 5 heteroatoms. The van der Waals surface area contributed by atoms with E-state index in [0.29, 0.717) is 17.9 Å². The molecule has 0 saturated heterocycles. The zero-order chi connectivity index (χ0) is 23.2. The number of hydrogen-bond acceptors (Lipinski definition) is 5. The number of carbonyl (C=O) groups is 1. The Bertz CT molecular complexity index is 846. The number of phenols is 1. The fourth-order valence-corrected chi connectivity index (χ4v) is 3.34. The van der Waals surface area contributed by atoms with Crippen LogP contribution in [0.5, 0.6) is 11.5 Å². The minimum atomic E-state index is -0.312. The number of aromatic hydroxyl groups is 1. The summed E-state index contributed by atoms with van der Waals surface area (Å²) in [6.45, 7) is 5.99. The number of carbonyl (C=O) groups excluding carboxylic acids is 1. The van der Waals surface area contributed by atoms with E-state index in [2.05, 4.69) is 29.3 Å². The monoisotopic (exact) mass is 438 g/mol. The molecule has 2 aromatic carbocycles. The number of esters is 1. The van der Waals surface area contributed by atoms with E-state index in [1.54, 1.807) is 12.1 Å². The minimum absolute atomic E-state index is 0.0745. The molecule has 2 aromatic rings. The molecular formula is C27H38N2O3. The molecule has 0 amide bonds. The van der Waals surface area contributed by atoms with Crippen LogP contribution in [0.1, 0.15) is 84.1 Å². The van der Waals surface area contributed by atoms with Crippen molar-refractivity contribution in [3.8, 4) is 11.5 Å². The number of phenolic OH excluding ortho intramolecular Hbond substituents is 1. The molecule has 0 fully saturated rings. The minimum Gasteiger partial charge on any atom is -0.505 e. The SMILES string of the molecule is CCCCCCCCCCc1ccc(/N=N/c2ccc(OC(=O)C(C)CC)cc2O)cc1. The highest BCUT2D eigenvalue weighted by Gasteiger charge is 2.14. The van der Waals surface area contributed by atoms with Gasteiger partial charge in [0.05, 0.1) is 11.6 Å². The first-order valence-corrected chi connectivity index (χ1v) is 12.1. The number of nitrogens with zero attached hydrogens (tertiary/aromatic N) is 2. The summed E-state index contributed by atoms with van der Waals surface area (Å²) >= 11 is 0. The Kier molecular flexibility index (Phi) is 11.5.